The lowest BCUT2D eigenvalue weighted by Crippen LogP contribution is -2.10. The van der Waals surface area contributed by atoms with Crippen LogP contribution in [0.1, 0.15) is 28.7 Å². The zero-order chi connectivity index (χ0) is 15.5. The van der Waals surface area contributed by atoms with Crippen LogP contribution in [0.4, 0.5) is 0 Å². The molecule has 0 aliphatic rings. The van der Waals surface area contributed by atoms with E-state index in [0.29, 0.717) is 0 Å². The second-order valence-corrected chi connectivity index (χ2v) is 5.51. The highest BCUT2D eigenvalue weighted by atomic mass is 16.3. The highest BCUT2D eigenvalue weighted by Crippen LogP contribution is 2.33. The zero-order valence-electron chi connectivity index (χ0n) is 12.4. The van der Waals surface area contributed by atoms with Crippen molar-refractivity contribution < 1.29 is 5.11 Å². The Hall–Kier alpha value is -2.63. The first kappa shape index (κ1) is 14.3. The first-order valence-electron chi connectivity index (χ1n) is 7.32. The summed E-state index contributed by atoms with van der Waals surface area (Å²) < 4.78 is 0. The topological polar surface area (TPSA) is 44.0 Å². The van der Waals surface area contributed by atoms with Crippen LogP contribution in [0.2, 0.25) is 0 Å². The van der Waals surface area contributed by atoms with Crippen LogP contribution in [0.5, 0.6) is 0 Å². The minimum atomic E-state index is -0.827. The molecule has 0 bridgehead atoms. The summed E-state index contributed by atoms with van der Waals surface area (Å²) in [6.45, 7) is 1.95. The fourth-order valence-corrected chi connectivity index (χ4v) is 2.83. The molecule has 0 aliphatic heterocycles. The number of aliphatic hydroxyl groups is 1. The summed E-state index contributed by atoms with van der Waals surface area (Å²) >= 11 is 0. The minimum absolute atomic E-state index is 0.578. The molecule has 2 heteroatoms. The van der Waals surface area contributed by atoms with E-state index in [1.54, 1.807) is 0 Å². The molecule has 0 fully saturated rings. The summed E-state index contributed by atoms with van der Waals surface area (Å²) in [5, 5.41) is 22.4. The molecule has 0 amide bonds. The van der Waals surface area contributed by atoms with Gasteiger partial charge in [-0.3, -0.25) is 0 Å². The minimum Gasteiger partial charge on any atom is -0.387 e. The number of hydrogen-bond donors (Lipinski definition) is 1. The smallest absolute Gasteiger partial charge is 0.101 e. The van der Waals surface area contributed by atoms with Crippen molar-refractivity contribution in [2.75, 3.05) is 0 Å². The SMILES string of the molecule is Cc1ccccc1C(O)C(C#N)c1ccc2ccccc2c1. The van der Waals surface area contributed by atoms with E-state index >= 15 is 0 Å². The Kier molecular flexibility index (Phi) is 3.91. The van der Waals surface area contributed by atoms with Crippen LogP contribution in [0, 0.1) is 18.3 Å². The monoisotopic (exact) mass is 287 g/mol. The summed E-state index contributed by atoms with van der Waals surface area (Å²) in [7, 11) is 0. The average Bonchev–Trinajstić information content (AvgIpc) is 2.55. The van der Waals surface area contributed by atoms with Crippen molar-refractivity contribution in [3.05, 3.63) is 83.4 Å². The van der Waals surface area contributed by atoms with Crippen LogP contribution >= 0.6 is 0 Å². The molecule has 3 aromatic rings. The number of fused-ring (bicyclic) bond motifs is 1. The van der Waals surface area contributed by atoms with Gasteiger partial charge in [-0.05, 0) is 40.5 Å². The van der Waals surface area contributed by atoms with Crippen molar-refractivity contribution >= 4 is 10.8 Å². The lowest BCUT2D eigenvalue weighted by Gasteiger charge is -2.19. The van der Waals surface area contributed by atoms with E-state index in [2.05, 4.69) is 6.07 Å². The molecule has 1 N–H and O–H groups in total. The molecule has 3 rings (SSSR count). The van der Waals surface area contributed by atoms with E-state index in [-0.39, 0.29) is 0 Å². The molecule has 0 radical (unpaired) electrons. The van der Waals surface area contributed by atoms with Crippen LogP contribution in [-0.4, -0.2) is 5.11 Å². The standard InChI is InChI=1S/C20H17NO/c1-14-6-2-5-9-18(14)20(22)19(13-21)17-11-10-15-7-3-4-8-16(15)12-17/h2-12,19-20,22H,1H3. The summed E-state index contributed by atoms with van der Waals surface area (Å²) in [5.74, 6) is -0.578. The first-order chi connectivity index (χ1) is 10.7. The first-order valence-corrected chi connectivity index (χ1v) is 7.32. The van der Waals surface area contributed by atoms with Gasteiger partial charge in [-0.25, -0.2) is 0 Å². The summed E-state index contributed by atoms with van der Waals surface area (Å²) in [6.07, 6.45) is -0.827. The Balaban J connectivity index is 2.03. The van der Waals surface area contributed by atoms with Crippen LogP contribution in [0.25, 0.3) is 10.8 Å². The lowest BCUT2D eigenvalue weighted by molar-refractivity contribution is 0.163. The second-order valence-electron chi connectivity index (χ2n) is 5.51. The summed E-state index contributed by atoms with van der Waals surface area (Å²) in [6, 6.07) is 23.9. The van der Waals surface area contributed by atoms with Crippen molar-refractivity contribution in [3.8, 4) is 6.07 Å². The lowest BCUT2D eigenvalue weighted by atomic mass is 9.87. The van der Waals surface area contributed by atoms with Gasteiger partial charge in [-0.2, -0.15) is 5.26 Å². The summed E-state index contributed by atoms with van der Waals surface area (Å²) in [4.78, 5) is 0. The zero-order valence-corrected chi connectivity index (χ0v) is 12.4. The predicted molar refractivity (Wildman–Crippen MR) is 88.4 cm³/mol. The Morgan fingerprint density at radius 2 is 1.59 bits per heavy atom. The number of nitriles is 1. The third kappa shape index (κ3) is 2.59. The molecule has 22 heavy (non-hydrogen) atoms. The van der Waals surface area contributed by atoms with Crippen LogP contribution in [-0.2, 0) is 0 Å². The molecule has 3 aromatic carbocycles. The van der Waals surface area contributed by atoms with E-state index < -0.39 is 12.0 Å². The third-order valence-electron chi connectivity index (χ3n) is 4.09. The Labute approximate surface area is 130 Å². The molecule has 108 valence electrons. The number of aryl methyl sites for hydroxylation is 1. The molecule has 0 aromatic heterocycles. The van der Waals surface area contributed by atoms with E-state index in [4.69, 9.17) is 0 Å². The molecule has 0 saturated heterocycles. The number of rotatable bonds is 3. The van der Waals surface area contributed by atoms with Gasteiger partial charge >= 0.3 is 0 Å². The van der Waals surface area contributed by atoms with Gasteiger partial charge in [-0.1, -0.05) is 60.7 Å². The molecule has 0 saturated carbocycles. The van der Waals surface area contributed by atoms with Gasteiger partial charge in [0.2, 0.25) is 0 Å². The maximum Gasteiger partial charge on any atom is 0.101 e. The Morgan fingerprint density at radius 1 is 0.909 bits per heavy atom. The Bertz CT molecular complexity index is 847. The number of nitrogens with zero attached hydrogens (tertiary/aromatic N) is 1. The van der Waals surface area contributed by atoms with E-state index in [0.717, 1.165) is 27.5 Å². The normalized spacial score (nSPS) is 13.5. The number of aliphatic hydroxyl groups excluding tert-OH is 1. The number of hydrogen-bond acceptors (Lipinski definition) is 2. The predicted octanol–water partition coefficient (Wildman–Crippen LogP) is 4.49. The van der Waals surface area contributed by atoms with Gasteiger partial charge < -0.3 is 5.11 Å². The van der Waals surface area contributed by atoms with Gasteiger partial charge in [0.1, 0.15) is 5.92 Å². The highest BCUT2D eigenvalue weighted by molar-refractivity contribution is 5.83. The van der Waals surface area contributed by atoms with Gasteiger partial charge in [0.25, 0.3) is 0 Å². The third-order valence-corrected chi connectivity index (χ3v) is 4.09. The van der Waals surface area contributed by atoms with Gasteiger partial charge in [-0.15, -0.1) is 0 Å². The quantitative estimate of drug-likeness (QED) is 0.771. The highest BCUT2D eigenvalue weighted by Gasteiger charge is 2.23. The van der Waals surface area contributed by atoms with Crippen molar-refractivity contribution in [3.63, 3.8) is 0 Å². The largest absolute Gasteiger partial charge is 0.387 e. The van der Waals surface area contributed by atoms with Crippen molar-refractivity contribution in [1.29, 1.82) is 5.26 Å². The summed E-state index contributed by atoms with van der Waals surface area (Å²) in [5.41, 5.74) is 2.65. The second kappa shape index (κ2) is 6.01. The van der Waals surface area contributed by atoms with Crippen molar-refractivity contribution in [1.82, 2.24) is 0 Å². The molecule has 2 nitrogen and oxygen atoms in total. The molecule has 2 unspecified atom stereocenters. The fraction of sp³-hybridized carbons (Fsp3) is 0.150. The van der Waals surface area contributed by atoms with Gasteiger partial charge in [0.05, 0.1) is 12.2 Å². The van der Waals surface area contributed by atoms with Crippen LogP contribution < -0.4 is 0 Å². The van der Waals surface area contributed by atoms with Gasteiger partial charge in [0.15, 0.2) is 0 Å². The van der Waals surface area contributed by atoms with Crippen LogP contribution in [0.15, 0.2) is 66.7 Å². The van der Waals surface area contributed by atoms with Crippen molar-refractivity contribution in [2.45, 2.75) is 18.9 Å². The molecular formula is C20H17NO. The average molecular weight is 287 g/mol. The van der Waals surface area contributed by atoms with Gasteiger partial charge in [0, 0.05) is 0 Å². The Morgan fingerprint density at radius 3 is 2.32 bits per heavy atom. The van der Waals surface area contributed by atoms with E-state index in [1.807, 2.05) is 73.7 Å². The molecule has 2 atom stereocenters. The molecular weight excluding hydrogens is 270 g/mol. The number of benzene rings is 3. The maximum absolute atomic E-state index is 10.7. The van der Waals surface area contributed by atoms with Crippen molar-refractivity contribution in [2.24, 2.45) is 0 Å². The maximum atomic E-state index is 10.7. The molecule has 0 aliphatic carbocycles. The molecule has 0 spiro atoms. The van der Waals surface area contributed by atoms with E-state index in [1.165, 1.54) is 0 Å². The van der Waals surface area contributed by atoms with Crippen LogP contribution in [0.3, 0.4) is 0 Å². The van der Waals surface area contributed by atoms with E-state index in [9.17, 15) is 10.4 Å². The fourth-order valence-electron chi connectivity index (χ4n) is 2.83. The molecule has 0 heterocycles.